The van der Waals surface area contributed by atoms with Crippen molar-refractivity contribution in [1.82, 2.24) is 10.2 Å². The molecule has 1 N–H and O–H groups in total. The van der Waals surface area contributed by atoms with Crippen LogP contribution in [0.5, 0.6) is 0 Å². The van der Waals surface area contributed by atoms with E-state index in [4.69, 9.17) is 11.6 Å². The van der Waals surface area contributed by atoms with E-state index < -0.39 is 22.9 Å². The molecular weight excluding hydrogens is 419 g/mol. The summed E-state index contributed by atoms with van der Waals surface area (Å²) in [5.41, 5.74) is 0.799. The van der Waals surface area contributed by atoms with Crippen LogP contribution in [0.2, 0.25) is 5.02 Å². The molecule has 27 heavy (non-hydrogen) atoms. The first-order chi connectivity index (χ1) is 12.8. The van der Waals surface area contributed by atoms with Crippen molar-refractivity contribution < 1.29 is 18.0 Å². The number of thioether (sulfide) groups is 1. The van der Waals surface area contributed by atoms with E-state index in [9.17, 15) is 18.0 Å². The quantitative estimate of drug-likeness (QED) is 0.530. The third-order valence-corrected chi connectivity index (χ3v) is 5.74. The minimum absolute atomic E-state index is 0.0665. The van der Waals surface area contributed by atoms with Crippen LogP contribution in [0.4, 0.5) is 18.9 Å². The maximum Gasteiger partial charge on any atom is 0.418 e. The van der Waals surface area contributed by atoms with Crippen molar-refractivity contribution in [2.24, 2.45) is 0 Å². The molecule has 0 radical (unpaired) electrons. The van der Waals surface area contributed by atoms with Crippen molar-refractivity contribution in [3.05, 3.63) is 70.2 Å². The number of carbonyl (C=O) groups is 1. The smallest absolute Gasteiger partial charge is 0.324 e. The Morgan fingerprint density at radius 2 is 1.93 bits per heavy atom. The van der Waals surface area contributed by atoms with Crippen LogP contribution in [0.3, 0.4) is 0 Å². The fourth-order valence-electron chi connectivity index (χ4n) is 2.27. The first-order valence-electron chi connectivity index (χ1n) is 7.50. The summed E-state index contributed by atoms with van der Waals surface area (Å²) in [6.07, 6.45) is -4.65. The number of alkyl halides is 3. The summed E-state index contributed by atoms with van der Waals surface area (Å²) in [5, 5.41) is 9.13. The van der Waals surface area contributed by atoms with Crippen molar-refractivity contribution in [2.45, 2.75) is 15.8 Å². The fraction of sp³-hybridized carbons (Fsp3) is 0.118. The second-order valence-electron chi connectivity index (χ2n) is 5.29. The predicted molar refractivity (Wildman–Crippen MR) is 100 cm³/mol. The summed E-state index contributed by atoms with van der Waals surface area (Å²) in [6.45, 7) is 0. The number of carbonyl (C=O) groups excluding carboxylic acids is 1. The molecule has 1 atom stereocenters. The van der Waals surface area contributed by atoms with Gasteiger partial charge in [-0.1, -0.05) is 65.0 Å². The molecule has 0 fully saturated rings. The average molecular weight is 430 g/mol. The number of nitrogens with one attached hydrogen (secondary N) is 1. The summed E-state index contributed by atoms with van der Waals surface area (Å²) in [5.74, 6) is -0.603. The molecule has 0 aliphatic carbocycles. The molecule has 140 valence electrons. The summed E-state index contributed by atoms with van der Waals surface area (Å²) >= 11 is 8.04. The lowest BCUT2D eigenvalue weighted by Crippen LogP contribution is -2.21. The SMILES string of the molecule is O=C(Nc1ccc(Cl)cc1C(F)(F)F)[C@H](Sc1nncs1)c1ccccc1. The van der Waals surface area contributed by atoms with Crippen molar-refractivity contribution in [3.8, 4) is 0 Å². The van der Waals surface area contributed by atoms with Crippen LogP contribution in [0, 0.1) is 0 Å². The molecule has 0 spiro atoms. The Morgan fingerprint density at radius 1 is 1.19 bits per heavy atom. The molecule has 0 saturated carbocycles. The van der Waals surface area contributed by atoms with Gasteiger partial charge in [0, 0.05) is 5.02 Å². The molecule has 0 aliphatic heterocycles. The largest absolute Gasteiger partial charge is 0.418 e. The number of halogens is 4. The van der Waals surface area contributed by atoms with Crippen LogP contribution in [0.15, 0.2) is 58.4 Å². The lowest BCUT2D eigenvalue weighted by molar-refractivity contribution is -0.137. The topological polar surface area (TPSA) is 54.9 Å². The van der Waals surface area contributed by atoms with E-state index in [1.807, 2.05) is 0 Å². The monoisotopic (exact) mass is 429 g/mol. The van der Waals surface area contributed by atoms with E-state index in [-0.39, 0.29) is 10.7 Å². The molecule has 1 aromatic heterocycles. The van der Waals surface area contributed by atoms with Gasteiger partial charge in [-0.05, 0) is 23.8 Å². The third kappa shape index (κ3) is 5.00. The third-order valence-electron chi connectivity index (χ3n) is 3.44. The zero-order valence-electron chi connectivity index (χ0n) is 13.4. The summed E-state index contributed by atoms with van der Waals surface area (Å²) in [6, 6.07) is 12.0. The van der Waals surface area contributed by atoms with Gasteiger partial charge < -0.3 is 5.32 Å². The van der Waals surface area contributed by atoms with E-state index in [0.29, 0.717) is 9.90 Å². The maximum atomic E-state index is 13.3. The highest BCUT2D eigenvalue weighted by atomic mass is 35.5. The molecule has 0 aliphatic rings. The first-order valence-corrected chi connectivity index (χ1v) is 9.63. The molecule has 2 aromatic carbocycles. The molecule has 0 saturated heterocycles. The van der Waals surface area contributed by atoms with E-state index in [1.165, 1.54) is 22.9 Å². The Kier molecular flexibility index (Phi) is 6.03. The molecular formula is C17H11ClF3N3OS2. The van der Waals surface area contributed by atoms with Gasteiger partial charge in [0.05, 0.1) is 11.3 Å². The Bertz CT molecular complexity index is 921. The molecule has 3 rings (SSSR count). The van der Waals surface area contributed by atoms with E-state index in [2.05, 4.69) is 15.5 Å². The number of benzene rings is 2. The standard InChI is InChI=1S/C17H11ClF3N3OS2/c18-11-6-7-13(12(8-11)17(19,20)21)23-15(25)14(10-4-2-1-3-5-10)27-16-24-22-9-26-16/h1-9,14H,(H,23,25)/t14-/m1/s1. The van der Waals surface area contributed by atoms with Crippen LogP contribution in [0.1, 0.15) is 16.4 Å². The van der Waals surface area contributed by atoms with Gasteiger partial charge in [-0.25, -0.2) is 0 Å². The van der Waals surface area contributed by atoms with Gasteiger partial charge in [0.1, 0.15) is 10.8 Å². The van der Waals surface area contributed by atoms with Crippen LogP contribution >= 0.6 is 34.7 Å². The van der Waals surface area contributed by atoms with Crippen molar-refractivity contribution in [2.75, 3.05) is 5.32 Å². The van der Waals surface area contributed by atoms with E-state index in [1.54, 1.807) is 30.3 Å². The number of hydrogen-bond acceptors (Lipinski definition) is 5. The summed E-state index contributed by atoms with van der Waals surface area (Å²) < 4.78 is 40.4. The Balaban J connectivity index is 1.92. The molecule has 3 aromatic rings. The highest BCUT2D eigenvalue weighted by molar-refractivity contribution is 8.01. The van der Waals surface area contributed by atoms with Crippen LogP contribution in [-0.2, 0) is 11.0 Å². The van der Waals surface area contributed by atoms with Crippen molar-refractivity contribution in [3.63, 3.8) is 0 Å². The minimum atomic E-state index is -4.65. The van der Waals surface area contributed by atoms with Gasteiger partial charge in [-0.3, -0.25) is 4.79 Å². The van der Waals surface area contributed by atoms with Gasteiger partial charge in [0.25, 0.3) is 0 Å². The van der Waals surface area contributed by atoms with Crippen molar-refractivity contribution >= 4 is 46.3 Å². The Labute approximate surface area is 165 Å². The molecule has 4 nitrogen and oxygen atoms in total. The second kappa shape index (κ2) is 8.28. The Hall–Kier alpha value is -2.10. The number of aromatic nitrogens is 2. The summed E-state index contributed by atoms with van der Waals surface area (Å²) in [7, 11) is 0. The number of amides is 1. The van der Waals surface area contributed by atoms with Gasteiger partial charge >= 0.3 is 6.18 Å². The molecule has 0 bridgehead atoms. The molecule has 1 heterocycles. The Morgan fingerprint density at radius 3 is 2.56 bits per heavy atom. The highest BCUT2D eigenvalue weighted by Crippen LogP contribution is 2.39. The number of hydrogen-bond donors (Lipinski definition) is 1. The maximum absolute atomic E-state index is 13.3. The van der Waals surface area contributed by atoms with Gasteiger partial charge in [0.15, 0.2) is 4.34 Å². The van der Waals surface area contributed by atoms with Gasteiger partial charge in [0.2, 0.25) is 5.91 Å². The number of nitrogens with zero attached hydrogens (tertiary/aromatic N) is 2. The minimum Gasteiger partial charge on any atom is -0.324 e. The second-order valence-corrected chi connectivity index (χ2v) is 7.91. The van der Waals surface area contributed by atoms with E-state index in [0.717, 1.165) is 23.9 Å². The zero-order chi connectivity index (χ0) is 19.4. The predicted octanol–water partition coefficient (Wildman–Crippen LogP) is 5.68. The number of rotatable bonds is 5. The van der Waals surface area contributed by atoms with Crippen LogP contribution < -0.4 is 5.32 Å². The van der Waals surface area contributed by atoms with Crippen LogP contribution in [-0.4, -0.2) is 16.1 Å². The molecule has 10 heteroatoms. The average Bonchev–Trinajstić information content (AvgIpc) is 3.14. The highest BCUT2D eigenvalue weighted by Gasteiger charge is 2.35. The van der Waals surface area contributed by atoms with Gasteiger partial charge in [-0.15, -0.1) is 10.2 Å². The van der Waals surface area contributed by atoms with Gasteiger partial charge in [-0.2, -0.15) is 13.2 Å². The summed E-state index contributed by atoms with van der Waals surface area (Å²) in [4.78, 5) is 12.8. The number of anilines is 1. The lowest BCUT2D eigenvalue weighted by Gasteiger charge is -2.18. The molecule has 0 unspecified atom stereocenters. The normalized spacial score (nSPS) is 12.6. The zero-order valence-corrected chi connectivity index (χ0v) is 15.8. The van der Waals surface area contributed by atoms with Crippen LogP contribution in [0.25, 0.3) is 0 Å². The van der Waals surface area contributed by atoms with E-state index >= 15 is 0 Å². The van der Waals surface area contributed by atoms with Crippen molar-refractivity contribution in [1.29, 1.82) is 0 Å². The fourth-order valence-corrected chi connectivity index (χ4v) is 4.12. The first kappa shape index (κ1) is 19.7. The lowest BCUT2D eigenvalue weighted by atomic mass is 10.1. The molecule has 1 amide bonds.